The zero-order valence-electron chi connectivity index (χ0n) is 10.2. The van der Waals surface area contributed by atoms with Gasteiger partial charge in [0.15, 0.2) is 0 Å². The number of pyridine rings is 1. The van der Waals surface area contributed by atoms with E-state index in [2.05, 4.69) is 15.0 Å². The molecule has 104 valence electrons. The van der Waals surface area contributed by atoms with Gasteiger partial charge >= 0.3 is 0 Å². The van der Waals surface area contributed by atoms with Crippen LogP contribution >= 0.6 is 0 Å². The number of sulfonamides is 1. The summed E-state index contributed by atoms with van der Waals surface area (Å²) in [6.45, 7) is 0. The number of nitriles is 1. The Morgan fingerprint density at radius 3 is 2.70 bits per heavy atom. The zero-order valence-corrected chi connectivity index (χ0v) is 11.0. The molecule has 2 heterocycles. The molecular weight excluding hydrogens is 284 g/mol. The second-order valence-corrected chi connectivity index (χ2v) is 5.83. The minimum absolute atomic E-state index is 0.0740. The molecule has 0 saturated carbocycles. The number of piperidine rings is 1. The highest BCUT2D eigenvalue weighted by Crippen LogP contribution is 2.12. The van der Waals surface area contributed by atoms with Crippen LogP contribution in [0.15, 0.2) is 23.2 Å². The van der Waals surface area contributed by atoms with Crippen LogP contribution in [-0.2, 0) is 19.6 Å². The van der Waals surface area contributed by atoms with Crippen molar-refractivity contribution in [1.82, 2.24) is 15.0 Å². The van der Waals surface area contributed by atoms with E-state index in [1.165, 1.54) is 12.1 Å². The molecule has 1 aromatic heterocycles. The third-order valence-corrected chi connectivity index (χ3v) is 4.15. The Kier molecular flexibility index (Phi) is 3.78. The molecule has 2 N–H and O–H groups in total. The second-order valence-electron chi connectivity index (χ2n) is 4.12. The molecule has 1 aliphatic rings. The van der Waals surface area contributed by atoms with Gasteiger partial charge in [-0.1, -0.05) is 0 Å². The Hall–Kier alpha value is -2.31. The van der Waals surface area contributed by atoms with Crippen molar-refractivity contribution in [2.75, 3.05) is 0 Å². The van der Waals surface area contributed by atoms with E-state index >= 15 is 0 Å². The third-order valence-electron chi connectivity index (χ3n) is 2.70. The SMILES string of the molecule is N#Cc1ccc(S(=O)(=O)NC2CCC(=O)NC2=O)cn1. The normalized spacial score (nSPS) is 19.2. The summed E-state index contributed by atoms with van der Waals surface area (Å²) in [7, 11) is -3.93. The maximum atomic E-state index is 12.0. The fourth-order valence-corrected chi connectivity index (χ4v) is 2.84. The lowest BCUT2D eigenvalue weighted by Crippen LogP contribution is -2.52. The van der Waals surface area contributed by atoms with E-state index in [1.54, 1.807) is 6.07 Å². The van der Waals surface area contributed by atoms with Crippen molar-refractivity contribution in [3.8, 4) is 6.07 Å². The highest BCUT2D eigenvalue weighted by molar-refractivity contribution is 7.89. The number of carbonyl (C=O) groups is 2. The molecule has 9 heteroatoms. The molecule has 0 radical (unpaired) electrons. The van der Waals surface area contributed by atoms with Gasteiger partial charge in [-0.3, -0.25) is 14.9 Å². The number of nitrogens with zero attached hydrogens (tertiary/aromatic N) is 2. The van der Waals surface area contributed by atoms with Crippen LogP contribution in [0.2, 0.25) is 0 Å². The van der Waals surface area contributed by atoms with Gasteiger partial charge in [-0.2, -0.15) is 9.98 Å². The third kappa shape index (κ3) is 2.98. The van der Waals surface area contributed by atoms with Gasteiger partial charge in [-0.05, 0) is 18.6 Å². The van der Waals surface area contributed by atoms with Crippen LogP contribution in [0.3, 0.4) is 0 Å². The van der Waals surface area contributed by atoms with E-state index in [0.29, 0.717) is 0 Å². The second kappa shape index (κ2) is 5.36. The Labute approximate surface area is 114 Å². The summed E-state index contributed by atoms with van der Waals surface area (Å²) in [4.78, 5) is 26.0. The number of carbonyl (C=O) groups excluding carboxylic acids is 2. The van der Waals surface area contributed by atoms with Gasteiger partial charge in [0.25, 0.3) is 0 Å². The molecule has 0 aliphatic carbocycles. The summed E-state index contributed by atoms with van der Waals surface area (Å²) in [6, 6.07) is 3.26. The molecule has 0 bridgehead atoms. The Bertz CT molecular complexity index is 690. The molecule has 1 atom stereocenters. The maximum absolute atomic E-state index is 12.0. The highest BCUT2D eigenvalue weighted by Gasteiger charge is 2.30. The van der Waals surface area contributed by atoms with E-state index in [9.17, 15) is 18.0 Å². The number of hydrogen-bond acceptors (Lipinski definition) is 6. The Morgan fingerprint density at radius 2 is 2.15 bits per heavy atom. The van der Waals surface area contributed by atoms with Crippen LogP contribution in [-0.4, -0.2) is 31.3 Å². The fraction of sp³-hybridized carbons (Fsp3) is 0.273. The first-order chi connectivity index (χ1) is 9.42. The maximum Gasteiger partial charge on any atom is 0.244 e. The van der Waals surface area contributed by atoms with E-state index in [0.717, 1.165) is 6.20 Å². The van der Waals surface area contributed by atoms with Gasteiger partial charge in [0.2, 0.25) is 21.8 Å². The highest BCUT2D eigenvalue weighted by atomic mass is 32.2. The topological polar surface area (TPSA) is 129 Å². The van der Waals surface area contributed by atoms with E-state index in [1.807, 2.05) is 0 Å². The molecule has 0 aromatic carbocycles. The standard InChI is InChI=1S/C11H10N4O4S/c12-5-7-1-2-8(6-13-7)20(18,19)15-9-3-4-10(16)14-11(9)17/h1-2,6,9,15H,3-4H2,(H,14,16,17). The molecule has 1 unspecified atom stereocenters. The molecule has 1 fully saturated rings. The average Bonchev–Trinajstić information content (AvgIpc) is 2.42. The fourth-order valence-electron chi connectivity index (χ4n) is 1.67. The minimum Gasteiger partial charge on any atom is -0.295 e. The van der Waals surface area contributed by atoms with Gasteiger partial charge in [-0.25, -0.2) is 13.4 Å². The quantitative estimate of drug-likeness (QED) is 0.690. The lowest BCUT2D eigenvalue weighted by molar-refractivity contribution is -0.134. The van der Waals surface area contributed by atoms with Crippen molar-refractivity contribution >= 4 is 21.8 Å². The number of imide groups is 1. The molecule has 1 aliphatic heterocycles. The zero-order chi connectivity index (χ0) is 14.8. The predicted octanol–water partition coefficient (Wildman–Crippen LogP) is -0.963. The summed E-state index contributed by atoms with van der Waals surface area (Å²) in [5.41, 5.74) is 0.0879. The van der Waals surface area contributed by atoms with Gasteiger partial charge in [-0.15, -0.1) is 0 Å². The van der Waals surface area contributed by atoms with Crippen molar-refractivity contribution in [3.05, 3.63) is 24.0 Å². The number of aromatic nitrogens is 1. The predicted molar refractivity (Wildman–Crippen MR) is 65.4 cm³/mol. The first kappa shape index (κ1) is 14.1. The Morgan fingerprint density at radius 1 is 1.40 bits per heavy atom. The van der Waals surface area contributed by atoms with E-state index in [4.69, 9.17) is 5.26 Å². The summed E-state index contributed by atoms with van der Waals surface area (Å²) in [5, 5.41) is 10.6. The number of rotatable bonds is 3. The molecule has 2 rings (SSSR count). The smallest absolute Gasteiger partial charge is 0.244 e. The number of amides is 2. The summed E-state index contributed by atoms with van der Waals surface area (Å²) in [6.07, 6.45) is 1.21. The average molecular weight is 294 g/mol. The van der Waals surface area contributed by atoms with Crippen molar-refractivity contribution in [2.45, 2.75) is 23.8 Å². The monoisotopic (exact) mass is 294 g/mol. The molecule has 1 aromatic rings. The van der Waals surface area contributed by atoms with Crippen molar-refractivity contribution in [1.29, 1.82) is 5.26 Å². The van der Waals surface area contributed by atoms with Crippen molar-refractivity contribution in [3.63, 3.8) is 0 Å². The van der Waals surface area contributed by atoms with Gasteiger partial charge in [0.05, 0.1) is 0 Å². The van der Waals surface area contributed by atoms with Crippen molar-refractivity contribution < 1.29 is 18.0 Å². The molecule has 2 amide bonds. The van der Waals surface area contributed by atoms with Crippen LogP contribution < -0.4 is 10.0 Å². The first-order valence-electron chi connectivity index (χ1n) is 5.64. The van der Waals surface area contributed by atoms with E-state index < -0.39 is 27.9 Å². The van der Waals surface area contributed by atoms with Crippen LogP contribution in [0.5, 0.6) is 0 Å². The molecule has 0 spiro atoms. The molecule has 1 saturated heterocycles. The molecular formula is C11H10N4O4S. The number of nitrogens with one attached hydrogen (secondary N) is 2. The first-order valence-corrected chi connectivity index (χ1v) is 7.13. The van der Waals surface area contributed by atoms with Crippen LogP contribution in [0.25, 0.3) is 0 Å². The van der Waals surface area contributed by atoms with E-state index in [-0.39, 0.29) is 23.4 Å². The summed E-state index contributed by atoms with van der Waals surface area (Å²) in [5.74, 6) is -1.10. The molecule has 20 heavy (non-hydrogen) atoms. The van der Waals surface area contributed by atoms with Gasteiger partial charge in [0.1, 0.15) is 22.7 Å². The minimum atomic E-state index is -3.93. The largest absolute Gasteiger partial charge is 0.295 e. The van der Waals surface area contributed by atoms with Crippen LogP contribution in [0.4, 0.5) is 0 Å². The lowest BCUT2D eigenvalue weighted by atomic mass is 10.1. The molecule has 8 nitrogen and oxygen atoms in total. The summed E-state index contributed by atoms with van der Waals surface area (Å²) < 4.78 is 26.3. The van der Waals surface area contributed by atoms with Crippen LogP contribution in [0, 0.1) is 11.3 Å². The lowest BCUT2D eigenvalue weighted by Gasteiger charge is -2.21. The van der Waals surface area contributed by atoms with Crippen LogP contribution in [0.1, 0.15) is 18.5 Å². The Balaban J connectivity index is 2.16. The summed E-state index contributed by atoms with van der Waals surface area (Å²) >= 11 is 0. The number of hydrogen-bond donors (Lipinski definition) is 2. The van der Waals surface area contributed by atoms with Gasteiger partial charge in [0, 0.05) is 12.6 Å². The van der Waals surface area contributed by atoms with Crippen molar-refractivity contribution in [2.24, 2.45) is 0 Å². The van der Waals surface area contributed by atoms with Gasteiger partial charge < -0.3 is 0 Å².